The smallest absolute Gasteiger partial charge is 0.170 e. The second kappa shape index (κ2) is 5.54. The average Bonchev–Trinajstić information content (AvgIpc) is 2.30. The van der Waals surface area contributed by atoms with Crippen LogP contribution in [-0.4, -0.2) is 5.78 Å². The molecule has 98 valence electrons. The summed E-state index contributed by atoms with van der Waals surface area (Å²) in [4.78, 5) is 12.2. The van der Waals surface area contributed by atoms with Crippen molar-refractivity contribution in [2.24, 2.45) is 0 Å². The van der Waals surface area contributed by atoms with E-state index in [-0.39, 0.29) is 17.8 Å². The van der Waals surface area contributed by atoms with Gasteiger partial charge in [-0.1, -0.05) is 35.9 Å². The number of hydrogen-bond acceptors (Lipinski definition) is 1. The van der Waals surface area contributed by atoms with Crippen molar-refractivity contribution >= 4 is 17.4 Å². The van der Waals surface area contributed by atoms with Crippen molar-refractivity contribution in [2.75, 3.05) is 0 Å². The van der Waals surface area contributed by atoms with Crippen molar-refractivity contribution < 1.29 is 9.18 Å². The SMILES string of the molecule is Cc1cc(C)c(C(=O)Cc2ccccc2Cl)c(F)c1. The van der Waals surface area contributed by atoms with Crippen molar-refractivity contribution in [3.05, 3.63) is 69.5 Å². The van der Waals surface area contributed by atoms with Crippen LogP contribution in [0.1, 0.15) is 27.0 Å². The van der Waals surface area contributed by atoms with E-state index in [0.29, 0.717) is 16.1 Å². The normalized spacial score (nSPS) is 10.5. The third kappa shape index (κ3) is 3.02. The monoisotopic (exact) mass is 276 g/mol. The molecule has 0 fully saturated rings. The highest BCUT2D eigenvalue weighted by atomic mass is 35.5. The lowest BCUT2D eigenvalue weighted by Gasteiger charge is -2.09. The second-order valence-electron chi connectivity index (χ2n) is 4.63. The maximum Gasteiger partial charge on any atom is 0.170 e. The maximum atomic E-state index is 13.9. The van der Waals surface area contributed by atoms with E-state index in [9.17, 15) is 9.18 Å². The number of hydrogen-bond donors (Lipinski definition) is 0. The summed E-state index contributed by atoms with van der Waals surface area (Å²) >= 11 is 6.01. The van der Waals surface area contributed by atoms with Crippen molar-refractivity contribution in [1.82, 2.24) is 0 Å². The molecule has 2 aromatic rings. The van der Waals surface area contributed by atoms with E-state index in [2.05, 4.69) is 0 Å². The van der Waals surface area contributed by atoms with Crippen LogP contribution in [0.5, 0.6) is 0 Å². The van der Waals surface area contributed by atoms with Crippen LogP contribution >= 0.6 is 11.6 Å². The Morgan fingerprint density at radius 3 is 2.53 bits per heavy atom. The third-order valence-electron chi connectivity index (χ3n) is 3.02. The van der Waals surface area contributed by atoms with Gasteiger partial charge in [0.25, 0.3) is 0 Å². The quantitative estimate of drug-likeness (QED) is 0.753. The van der Waals surface area contributed by atoms with Crippen LogP contribution in [0.4, 0.5) is 4.39 Å². The van der Waals surface area contributed by atoms with Gasteiger partial charge in [0.15, 0.2) is 5.78 Å². The van der Waals surface area contributed by atoms with Crippen LogP contribution < -0.4 is 0 Å². The van der Waals surface area contributed by atoms with Crippen LogP contribution in [-0.2, 0) is 6.42 Å². The molecule has 0 aliphatic carbocycles. The Hall–Kier alpha value is -1.67. The number of benzene rings is 2. The fourth-order valence-corrected chi connectivity index (χ4v) is 2.37. The predicted octanol–water partition coefficient (Wildman–Crippen LogP) is 4.52. The Balaban J connectivity index is 2.34. The first-order valence-corrected chi connectivity index (χ1v) is 6.40. The van der Waals surface area contributed by atoms with Gasteiger partial charge in [0.2, 0.25) is 0 Å². The standard InChI is InChI=1S/C16H14ClFO/c1-10-7-11(2)16(14(18)8-10)15(19)9-12-5-3-4-6-13(12)17/h3-8H,9H2,1-2H3. The van der Waals surface area contributed by atoms with Gasteiger partial charge in [-0.25, -0.2) is 4.39 Å². The number of ketones is 1. The summed E-state index contributed by atoms with van der Waals surface area (Å²) < 4.78 is 13.9. The molecule has 19 heavy (non-hydrogen) atoms. The number of carbonyl (C=O) groups is 1. The average molecular weight is 277 g/mol. The van der Waals surface area contributed by atoms with Crippen LogP contribution in [0.15, 0.2) is 36.4 Å². The lowest BCUT2D eigenvalue weighted by atomic mass is 9.97. The van der Waals surface area contributed by atoms with Gasteiger partial charge in [0, 0.05) is 11.4 Å². The number of aryl methyl sites for hydroxylation is 2. The van der Waals surface area contributed by atoms with E-state index < -0.39 is 5.82 Å². The van der Waals surface area contributed by atoms with Crippen molar-refractivity contribution in [3.63, 3.8) is 0 Å². The van der Waals surface area contributed by atoms with Crippen molar-refractivity contribution in [3.8, 4) is 0 Å². The van der Waals surface area contributed by atoms with Gasteiger partial charge in [-0.2, -0.15) is 0 Å². The Kier molecular flexibility index (Phi) is 4.01. The molecular weight excluding hydrogens is 263 g/mol. The van der Waals surface area contributed by atoms with Crippen LogP contribution in [0.2, 0.25) is 5.02 Å². The van der Waals surface area contributed by atoms with Gasteiger partial charge in [-0.15, -0.1) is 0 Å². The van der Waals surface area contributed by atoms with Gasteiger partial charge >= 0.3 is 0 Å². The molecule has 0 atom stereocenters. The molecule has 0 N–H and O–H groups in total. The molecule has 0 spiro atoms. The zero-order valence-corrected chi connectivity index (χ0v) is 11.6. The minimum atomic E-state index is -0.463. The molecule has 0 aliphatic rings. The van der Waals surface area contributed by atoms with E-state index >= 15 is 0 Å². The molecule has 0 heterocycles. The van der Waals surface area contributed by atoms with E-state index in [4.69, 9.17) is 11.6 Å². The molecule has 0 saturated heterocycles. The zero-order chi connectivity index (χ0) is 14.0. The molecule has 3 heteroatoms. The van der Waals surface area contributed by atoms with Gasteiger partial charge in [-0.05, 0) is 42.7 Å². The summed E-state index contributed by atoms with van der Waals surface area (Å²) in [5.74, 6) is -0.711. The second-order valence-corrected chi connectivity index (χ2v) is 5.04. The first-order chi connectivity index (χ1) is 8.99. The first-order valence-electron chi connectivity index (χ1n) is 6.02. The largest absolute Gasteiger partial charge is 0.294 e. The Morgan fingerprint density at radius 1 is 1.21 bits per heavy atom. The molecule has 1 nitrogen and oxygen atoms in total. The summed E-state index contributed by atoms with van der Waals surface area (Å²) in [5, 5.41) is 0.529. The molecule has 0 aromatic heterocycles. The molecule has 0 bridgehead atoms. The van der Waals surface area contributed by atoms with E-state index in [1.165, 1.54) is 6.07 Å². The third-order valence-corrected chi connectivity index (χ3v) is 3.39. The summed E-state index contributed by atoms with van der Waals surface area (Å²) in [6.45, 7) is 3.55. The molecule has 0 amide bonds. The van der Waals surface area contributed by atoms with Gasteiger partial charge < -0.3 is 0 Å². The highest BCUT2D eigenvalue weighted by molar-refractivity contribution is 6.31. The van der Waals surface area contributed by atoms with Crippen LogP contribution in [0, 0.1) is 19.7 Å². The predicted molar refractivity (Wildman–Crippen MR) is 75.4 cm³/mol. The number of halogens is 2. The Bertz CT molecular complexity index is 611. The number of rotatable bonds is 3. The molecule has 2 rings (SSSR count). The summed E-state index contributed by atoms with van der Waals surface area (Å²) in [5.41, 5.74) is 2.35. The van der Waals surface area contributed by atoms with Crippen LogP contribution in [0.3, 0.4) is 0 Å². The van der Waals surface area contributed by atoms with Gasteiger partial charge in [-0.3, -0.25) is 4.79 Å². The Labute approximate surface area is 117 Å². The fraction of sp³-hybridized carbons (Fsp3) is 0.188. The molecular formula is C16H14ClFO. The van der Waals surface area contributed by atoms with Crippen molar-refractivity contribution in [2.45, 2.75) is 20.3 Å². The summed E-state index contributed by atoms with van der Waals surface area (Å²) in [6.07, 6.45) is 0.112. The molecule has 0 aliphatic heterocycles. The number of Topliss-reactive ketones (excluding diaryl/α,β-unsaturated/α-hetero) is 1. The lowest BCUT2D eigenvalue weighted by Crippen LogP contribution is -2.09. The topological polar surface area (TPSA) is 17.1 Å². The van der Waals surface area contributed by atoms with E-state index in [0.717, 1.165) is 5.56 Å². The molecule has 2 aromatic carbocycles. The highest BCUT2D eigenvalue weighted by Gasteiger charge is 2.16. The summed E-state index contributed by atoms with van der Waals surface area (Å²) in [7, 11) is 0. The number of carbonyl (C=O) groups excluding carboxylic acids is 1. The molecule has 0 radical (unpaired) electrons. The molecule has 0 saturated carbocycles. The minimum absolute atomic E-state index is 0.112. The fourth-order valence-electron chi connectivity index (χ4n) is 2.17. The van der Waals surface area contributed by atoms with E-state index in [1.807, 2.05) is 12.1 Å². The molecule has 0 unspecified atom stereocenters. The Morgan fingerprint density at radius 2 is 1.89 bits per heavy atom. The maximum absolute atomic E-state index is 13.9. The van der Waals surface area contributed by atoms with Gasteiger partial charge in [0.05, 0.1) is 5.56 Å². The first kappa shape index (κ1) is 13.8. The minimum Gasteiger partial charge on any atom is -0.294 e. The zero-order valence-electron chi connectivity index (χ0n) is 10.8. The van der Waals surface area contributed by atoms with Crippen molar-refractivity contribution in [1.29, 1.82) is 0 Å². The highest BCUT2D eigenvalue weighted by Crippen LogP contribution is 2.21. The lowest BCUT2D eigenvalue weighted by molar-refractivity contribution is 0.0988. The van der Waals surface area contributed by atoms with E-state index in [1.54, 1.807) is 32.0 Å². The van der Waals surface area contributed by atoms with Crippen LogP contribution in [0.25, 0.3) is 0 Å². The summed E-state index contributed by atoms with van der Waals surface area (Å²) in [6, 6.07) is 10.3. The van der Waals surface area contributed by atoms with Gasteiger partial charge in [0.1, 0.15) is 5.82 Å².